The van der Waals surface area contributed by atoms with Crippen LogP contribution >= 0.6 is 0 Å². The zero-order chi connectivity index (χ0) is 28.2. The van der Waals surface area contributed by atoms with Crippen LogP contribution in [0, 0.1) is 5.82 Å². The van der Waals surface area contributed by atoms with Crippen molar-refractivity contribution >= 4 is 34.5 Å². The highest BCUT2D eigenvalue weighted by molar-refractivity contribution is 6.03. The van der Waals surface area contributed by atoms with Crippen molar-refractivity contribution in [3.8, 4) is 5.75 Å². The summed E-state index contributed by atoms with van der Waals surface area (Å²) in [6.07, 6.45) is 4.06. The Balaban J connectivity index is 1.71. The quantitative estimate of drug-likeness (QED) is 0.267. The van der Waals surface area contributed by atoms with Gasteiger partial charge in [-0.2, -0.15) is 0 Å². The second-order valence-electron chi connectivity index (χ2n) is 9.24. The monoisotopic (exact) mass is 539 g/mol. The lowest BCUT2D eigenvalue weighted by Crippen LogP contribution is -2.34. The highest BCUT2D eigenvalue weighted by Gasteiger charge is 2.17. The molecule has 1 heterocycles. The summed E-state index contributed by atoms with van der Waals surface area (Å²) >= 11 is 0. The summed E-state index contributed by atoms with van der Waals surface area (Å²) in [5.74, 6) is -0.749. The summed E-state index contributed by atoms with van der Waals surface area (Å²) in [5, 5.41) is 9.84. The van der Waals surface area contributed by atoms with Crippen molar-refractivity contribution in [3.05, 3.63) is 65.3 Å². The van der Waals surface area contributed by atoms with Crippen molar-refractivity contribution in [1.29, 1.82) is 0 Å². The van der Waals surface area contributed by atoms with E-state index in [4.69, 9.17) is 14.2 Å². The van der Waals surface area contributed by atoms with E-state index in [1.54, 1.807) is 44.4 Å². The lowest BCUT2D eigenvalue weighted by molar-refractivity contribution is -0.127. The van der Waals surface area contributed by atoms with Crippen LogP contribution in [0.5, 0.6) is 5.75 Å². The van der Waals surface area contributed by atoms with E-state index in [1.165, 1.54) is 6.07 Å². The molecule has 0 spiro atoms. The maximum atomic E-state index is 15.4. The van der Waals surface area contributed by atoms with Gasteiger partial charge in [-0.25, -0.2) is 4.39 Å². The normalized spacial score (nSPS) is 16.3. The molecule has 2 aromatic carbocycles. The number of anilines is 2. The Labute approximate surface area is 228 Å². The molecule has 0 saturated carbocycles. The van der Waals surface area contributed by atoms with Crippen LogP contribution in [0.15, 0.2) is 49.1 Å². The van der Waals surface area contributed by atoms with Crippen LogP contribution in [0.2, 0.25) is 0 Å². The van der Waals surface area contributed by atoms with Crippen LogP contribution in [0.1, 0.15) is 39.5 Å². The molecule has 210 valence electrons. The number of amides is 2. The molecule has 3 N–H and O–H groups in total. The van der Waals surface area contributed by atoms with Crippen molar-refractivity contribution in [2.45, 2.75) is 45.6 Å². The van der Waals surface area contributed by atoms with Crippen LogP contribution in [0.4, 0.5) is 15.8 Å². The van der Waals surface area contributed by atoms with Gasteiger partial charge in [0, 0.05) is 48.6 Å². The Hall–Kier alpha value is -3.69. The largest absolute Gasteiger partial charge is 0.491 e. The molecule has 0 aromatic heterocycles. The van der Waals surface area contributed by atoms with Crippen LogP contribution in [0.3, 0.4) is 0 Å². The van der Waals surface area contributed by atoms with E-state index in [0.29, 0.717) is 66.0 Å². The van der Waals surface area contributed by atoms with Gasteiger partial charge in [-0.05, 0) is 67.3 Å². The Morgan fingerprint density at radius 1 is 1.13 bits per heavy atom. The SMILES string of the molecule is C=C/C(CC)=c1/cc(OCCOC)cc(F)/c1=C(/C)Nc1ccc(NC(=O)CC(=O)NCC2CCCO2)cc1. The second kappa shape index (κ2) is 15.0. The number of rotatable bonds is 13. The molecule has 1 atom stereocenters. The first kappa shape index (κ1) is 29.9. The first-order valence-corrected chi connectivity index (χ1v) is 13.2. The van der Waals surface area contributed by atoms with Crippen LogP contribution < -0.4 is 31.1 Å². The fourth-order valence-corrected chi connectivity index (χ4v) is 4.35. The molecule has 1 fully saturated rings. The van der Waals surface area contributed by atoms with E-state index in [0.717, 1.165) is 18.4 Å². The zero-order valence-corrected chi connectivity index (χ0v) is 22.9. The number of carbonyl (C=O) groups excluding carboxylic acids is 2. The maximum Gasteiger partial charge on any atom is 0.233 e. The van der Waals surface area contributed by atoms with Gasteiger partial charge >= 0.3 is 0 Å². The van der Waals surface area contributed by atoms with Crippen molar-refractivity contribution in [1.82, 2.24) is 5.32 Å². The second-order valence-corrected chi connectivity index (χ2v) is 9.24. The molecule has 39 heavy (non-hydrogen) atoms. The summed E-state index contributed by atoms with van der Waals surface area (Å²) < 4.78 is 31.5. The number of benzene rings is 2. The third-order valence-corrected chi connectivity index (χ3v) is 6.34. The fourth-order valence-electron chi connectivity index (χ4n) is 4.35. The van der Waals surface area contributed by atoms with E-state index < -0.39 is 11.7 Å². The van der Waals surface area contributed by atoms with Gasteiger partial charge in [0.1, 0.15) is 24.6 Å². The highest BCUT2D eigenvalue weighted by atomic mass is 19.1. The summed E-state index contributed by atoms with van der Waals surface area (Å²) in [6, 6.07) is 10.2. The number of ether oxygens (including phenoxy) is 3. The minimum Gasteiger partial charge on any atom is -0.491 e. The van der Waals surface area contributed by atoms with Gasteiger partial charge in [-0.15, -0.1) is 0 Å². The van der Waals surface area contributed by atoms with Gasteiger partial charge in [0.2, 0.25) is 11.8 Å². The number of methoxy groups -OCH3 is 1. The lowest BCUT2D eigenvalue weighted by atomic mass is 10.1. The van der Waals surface area contributed by atoms with Gasteiger partial charge in [0.25, 0.3) is 0 Å². The maximum absolute atomic E-state index is 15.4. The smallest absolute Gasteiger partial charge is 0.233 e. The molecule has 1 unspecified atom stereocenters. The predicted octanol–water partition coefficient (Wildman–Crippen LogP) is 3.46. The van der Waals surface area contributed by atoms with Gasteiger partial charge in [0.15, 0.2) is 0 Å². The molecule has 2 aromatic rings. The van der Waals surface area contributed by atoms with Gasteiger partial charge in [0.05, 0.1) is 12.7 Å². The topological polar surface area (TPSA) is 97.9 Å². The molecule has 8 nitrogen and oxygen atoms in total. The first-order chi connectivity index (χ1) is 18.8. The number of halogens is 1. The predicted molar refractivity (Wildman–Crippen MR) is 151 cm³/mol. The molecule has 1 aliphatic rings. The zero-order valence-electron chi connectivity index (χ0n) is 22.9. The van der Waals surface area contributed by atoms with Crippen molar-refractivity contribution in [2.24, 2.45) is 0 Å². The van der Waals surface area contributed by atoms with E-state index in [9.17, 15) is 9.59 Å². The summed E-state index contributed by atoms with van der Waals surface area (Å²) in [7, 11) is 1.58. The minimum atomic E-state index is -0.417. The average molecular weight is 540 g/mol. The standard InChI is InChI=1S/C30H38FN3O5/c1-5-21(6-2)26-16-25(39-15-14-37-4)17-27(31)30(26)20(3)33-22-9-11-23(12-10-22)34-29(36)18-28(35)32-19-24-8-7-13-38-24/h5,9-12,16-17,24,33H,1,6-8,13-15,18-19H2,2-4H3,(H,32,35)(H,34,36)/b26-21+,30-20-. The molecule has 9 heteroatoms. The molecule has 3 rings (SSSR count). The Morgan fingerprint density at radius 3 is 2.46 bits per heavy atom. The Kier molecular flexibility index (Phi) is 11.5. The number of hydrogen-bond donors (Lipinski definition) is 3. The number of carbonyl (C=O) groups is 2. The molecule has 1 saturated heterocycles. The van der Waals surface area contributed by atoms with Crippen molar-refractivity contribution in [3.63, 3.8) is 0 Å². The van der Waals surface area contributed by atoms with Crippen molar-refractivity contribution in [2.75, 3.05) is 44.1 Å². The summed E-state index contributed by atoms with van der Waals surface area (Å²) in [5.41, 5.74) is 2.76. The average Bonchev–Trinajstić information content (AvgIpc) is 3.43. The molecule has 0 radical (unpaired) electrons. The lowest BCUT2D eigenvalue weighted by Gasteiger charge is -2.12. The van der Waals surface area contributed by atoms with Crippen LogP contribution in [0.25, 0.3) is 11.3 Å². The highest BCUT2D eigenvalue weighted by Crippen LogP contribution is 2.16. The number of allylic oxidation sites excluding steroid dienone is 1. The molecular formula is C30H38FN3O5. The van der Waals surface area contributed by atoms with Gasteiger partial charge in [-0.1, -0.05) is 19.6 Å². The molecule has 1 aliphatic heterocycles. The summed E-state index contributed by atoms with van der Waals surface area (Å²) in [4.78, 5) is 24.3. The van der Waals surface area contributed by atoms with Crippen LogP contribution in [-0.4, -0.2) is 51.4 Å². The van der Waals surface area contributed by atoms with E-state index in [-0.39, 0.29) is 18.4 Å². The van der Waals surface area contributed by atoms with Crippen molar-refractivity contribution < 1.29 is 28.2 Å². The minimum absolute atomic E-state index is 0.0252. The fraction of sp³-hybridized carbons (Fsp3) is 0.400. The Bertz CT molecular complexity index is 1270. The van der Waals surface area contributed by atoms with E-state index in [2.05, 4.69) is 22.5 Å². The summed E-state index contributed by atoms with van der Waals surface area (Å²) in [6.45, 7) is 9.52. The number of hydrogen-bond acceptors (Lipinski definition) is 6. The third-order valence-electron chi connectivity index (χ3n) is 6.34. The molecule has 0 aliphatic carbocycles. The molecule has 2 amide bonds. The van der Waals surface area contributed by atoms with Gasteiger partial charge < -0.3 is 30.2 Å². The van der Waals surface area contributed by atoms with E-state index in [1.807, 2.05) is 13.0 Å². The van der Waals surface area contributed by atoms with Gasteiger partial charge in [-0.3, -0.25) is 9.59 Å². The Morgan fingerprint density at radius 2 is 1.85 bits per heavy atom. The first-order valence-electron chi connectivity index (χ1n) is 13.2. The third kappa shape index (κ3) is 8.94. The van der Waals surface area contributed by atoms with E-state index >= 15 is 4.39 Å². The molecular weight excluding hydrogens is 501 g/mol. The number of nitrogens with one attached hydrogen (secondary N) is 3. The van der Waals surface area contributed by atoms with Crippen LogP contribution in [-0.2, 0) is 19.1 Å². The molecule has 0 bridgehead atoms.